The van der Waals surface area contributed by atoms with Crippen molar-refractivity contribution in [2.24, 2.45) is 0 Å². The number of rotatable bonds is 7. The van der Waals surface area contributed by atoms with Crippen molar-refractivity contribution in [3.05, 3.63) is 99.6 Å². The predicted molar refractivity (Wildman–Crippen MR) is 126 cm³/mol. The molecule has 3 aromatic carbocycles. The fourth-order valence-corrected chi connectivity index (χ4v) is 4.77. The van der Waals surface area contributed by atoms with Crippen LogP contribution in [0.3, 0.4) is 0 Å². The number of methoxy groups -OCH3 is 1. The molecule has 9 heteroatoms. The van der Waals surface area contributed by atoms with Crippen LogP contribution in [0.4, 0.5) is 11.4 Å². The number of anilines is 1. The number of nitrogens with one attached hydrogen (secondary N) is 1. The van der Waals surface area contributed by atoms with E-state index in [2.05, 4.69) is 5.32 Å². The van der Waals surface area contributed by atoms with E-state index in [0.717, 1.165) is 11.1 Å². The molecule has 4 rings (SSSR count). The van der Waals surface area contributed by atoms with E-state index in [0.29, 0.717) is 23.6 Å². The molecule has 0 bridgehead atoms. The van der Waals surface area contributed by atoms with E-state index < -0.39 is 10.8 Å². The summed E-state index contributed by atoms with van der Waals surface area (Å²) >= 11 is 1.55. The standard InChI is InChI=1S/C24H21N3O5S/c1-32-21-12-11-19(27(30)31)13-20(21)25-23(29)17-7-9-18(10-8-17)24-26(22(28)15-33-24)14-16-5-3-2-4-6-16/h2-13,24H,14-15H2,1H3,(H,25,29)/t24-/m0/s1. The lowest BCUT2D eigenvalue weighted by Gasteiger charge is -2.24. The zero-order valence-corrected chi connectivity index (χ0v) is 18.6. The van der Waals surface area contributed by atoms with Crippen LogP contribution in [-0.2, 0) is 11.3 Å². The Hall–Kier alpha value is -3.85. The van der Waals surface area contributed by atoms with Gasteiger partial charge in [-0.05, 0) is 29.3 Å². The Kier molecular flexibility index (Phi) is 6.60. The van der Waals surface area contributed by atoms with Crippen LogP contribution in [0, 0.1) is 10.1 Å². The number of carbonyl (C=O) groups excluding carboxylic acids is 2. The fraction of sp³-hybridized carbons (Fsp3) is 0.167. The minimum Gasteiger partial charge on any atom is -0.495 e. The number of non-ortho nitro benzene ring substituents is 1. The SMILES string of the molecule is COc1ccc([N+](=O)[O-])cc1NC(=O)c1ccc([C@@H]2SCC(=O)N2Cc2ccccc2)cc1. The smallest absolute Gasteiger partial charge is 0.271 e. The molecule has 0 unspecified atom stereocenters. The summed E-state index contributed by atoms with van der Waals surface area (Å²) in [5.41, 5.74) is 2.43. The van der Waals surface area contributed by atoms with E-state index in [4.69, 9.17) is 4.74 Å². The van der Waals surface area contributed by atoms with Crippen LogP contribution in [0.1, 0.15) is 26.9 Å². The second-order valence-electron chi connectivity index (χ2n) is 7.39. The maximum atomic E-state index is 12.7. The summed E-state index contributed by atoms with van der Waals surface area (Å²) in [4.78, 5) is 37.6. The van der Waals surface area contributed by atoms with Crippen LogP contribution in [0.2, 0.25) is 0 Å². The number of benzene rings is 3. The second-order valence-corrected chi connectivity index (χ2v) is 8.46. The van der Waals surface area contributed by atoms with Gasteiger partial charge < -0.3 is 15.0 Å². The molecule has 168 valence electrons. The highest BCUT2D eigenvalue weighted by molar-refractivity contribution is 8.00. The Morgan fingerprint density at radius 2 is 1.88 bits per heavy atom. The lowest BCUT2D eigenvalue weighted by Crippen LogP contribution is -2.27. The van der Waals surface area contributed by atoms with Crippen molar-refractivity contribution in [1.29, 1.82) is 0 Å². The van der Waals surface area contributed by atoms with Gasteiger partial charge in [-0.2, -0.15) is 0 Å². The molecule has 1 heterocycles. The Morgan fingerprint density at radius 3 is 2.55 bits per heavy atom. The van der Waals surface area contributed by atoms with Crippen LogP contribution in [0.25, 0.3) is 0 Å². The third-order valence-corrected chi connectivity index (χ3v) is 6.52. The zero-order chi connectivity index (χ0) is 23.4. The third kappa shape index (κ3) is 4.98. The summed E-state index contributed by atoms with van der Waals surface area (Å²) in [5, 5.41) is 13.6. The van der Waals surface area contributed by atoms with Crippen molar-refractivity contribution >= 4 is 35.0 Å². The number of amides is 2. The van der Waals surface area contributed by atoms with Gasteiger partial charge in [0.1, 0.15) is 11.1 Å². The van der Waals surface area contributed by atoms with Gasteiger partial charge >= 0.3 is 0 Å². The summed E-state index contributed by atoms with van der Waals surface area (Å²) < 4.78 is 5.20. The number of nitrogens with zero attached hydrogens (tertiary/aromatic N) is 2. The van der Waals surface area contributed by atoms with Crippen molar-refractivity contribution in [2.75, 3.05) is 18.2 Å². The Labute approximate surface area is 194 Å². The van der Waals surface area contributed by atoms with Gasteiger partial charge in [0.05, 0.1) is 23.5 Å². The van der Waals surface area contributed by atoms with Crippen molar-refractivity contribution in [3.63, 3.8) is 0 Å². The Morgan fingerprint density at radius 1 is 1.15 bits per heavy atom. The van der Waals surface area contributed by atoms with Gasteiger partial charge in [0.15, 0.2) is 0 Å². The number of nitro groups is 1. The van der Waals surface area contributed by atoms with Crippen molar-refractivity contribution in [3.8, 4) is 5.75 Å². The van der Waals surface area contributed by atoms with Gasteiger partial charge in [-0.15, -0.1) is 11.8 Å². The lowest BCUT2D eigenvalue weighted by atomic mass is 10.1. The first-order valence-corrected chi connectivity index (χ1v) is 11.2. The van der Waals surface area contributed by atoms with Crippen LogP contribution in [0.5, 0.6) is 5.75 Å². The predicted octanol–water partition coefficient (Wildman–Crippen LogP) is 4.63. The van der Waals surface area contributed by atoms with Gasteiger partial charge in [-0.3, -0.25) is 19.7 Å². The Bertz CT molecular complexity index is 1180. The monoisotopic (exact) mass is 463 g/mol. The first kappa shape index (κ1) is 22.3. The molecule has 8 nitrogen and oxygen atoms in total. The lowest BCUT2D eigenvalue weighted by molar-refractivity contribution is -0.384. The maximum absolute atomic E-state index is 12.7. The van der Waals surface area contributed by atoms with Gasteiger partial charge in [-0.25, -0.2) is 0 Å². The summed E-state index contributed by atoms with van der Waals surface area (Å²) in [6, 6.07) is 20.8. The molecule has 0 saturated carbocycles. The molecule has 0 radical (unpaired) electrons. The molecule has 1 saturated heterocycles. The molecule has 33 heavy (non-hydrogen) atoms. The third-order valence-electron chi connectivity index (χ3n) is 5.26. The van der Waals surface area contributed by atoms with E-state index >= 15 is 0 Å². The van der Waals surface area contributed by atoms with Crippen LogP contribution in [0.15, 0.2) is 72.8 Å². The maximum Gasteiger partial charge on any atom is 0.271 e. The highest BCUT2D eigenvalue weighted by Crippen LogP contribution is 2.39. The number of hydrogen-bond acceptors (Lipinski definition) is 6. The number of thioether (sulfide) groups is 1. The number of nitro benzene ring substituents is 1. The topological polar surface area (TPSA) is 102 Å². The molecule has 0 spiro atoms. The first-order valence-electron chi connectivity index (χ1n) is 10.1. The molecule has 1 aliphatic rings. The summed E-state index contributed by atoms with van der Waals surface area (Å²) in [6.45, 7) is 0.520. The largest absolute Gasteiger partial charge is 0.495 e. The van der Waals surface area contributed by atoms with Crippen molar-refractivity contribution in [2.45, 2.75) is 11.9 Å². The minimum absolute atomic E-state index is 0.0773. The number of hydrogen-bond donors (Lipinski definition) is 1. The van der Waals surface area contributed by atoms with Crippen LogP contribution >= 0.6 is 11.8 Å². The average Bonchev–Trinajstić information content (AvgIpc) is 3.19. The Balaban J connectivity index is 1.50. The summed E-state index contributed by atoms with van der Waals surface area (Å²) in [7, 11) is 1.42. The highest BCUT2D eigenvalue weighted by atomic mass is 32.2. The van der Waals surface area contributed by atoms with Crippen LogP contribution < -0.4 is 10.1 Å². The van der Waals surface area contributed by atoms with E-state index in [1.807, 2.05) is 47.4 Å². The second kappa shape index (κ2) is 9.74. The van der Waals surface area contributed by atoms with E-state index in [1.54, 1.807) is 23.9 Å². The van der Waals surface area contributed by atoms with Crippen LogP contribution in [-0.4, -0.2) is 34.5 Å². The van der Waals surface area contributed by atoms with Crippen molar-refractivity contribution < 1.29 is 19.2 Å². The normalized spacial score (nSPS) is 15.4. The molecule has 1 fully saturated rings. The van der Waals surface area contributed by atoms with E-state index in [-0.39, 0.29) is 22.7 Å². The molecule has 0 aromatic heterocycles. The number of carbonyl (C=O) groups is 2. The van der Waals surface area contributed by atoms with Crippen molar-refractivity contribution in [1.82, 2.24) is 4.90 Å². The molecule has 1 aliphatic heterocycles. The highest BCUT2D eigenvalue weighted by Gasteiger charge is 2.32. The molecular weight excluding hydrogens is 442 g/mol. The zero-order valence-electron chi connectivity index (χ0n) is 17.8. The average molecular weight is 464 g/mol. The van der Waals surface area contributed by atoms with E-state index in [1.165, 1.54) is 25.3 Å². The number of ether oxygens (including phenoxy) is 1. The minimum atomic E-state index is -0.536. The molecule has 3 aromatic rings. The molecule has 0 aliphatic carbocycles. The summed E-state index contributed by atoms with van der Waals surface area (Å²) in [6.07, 6.45) is 0. The summed E-state index contributed by atoms with van der Waals surface area (Å²) in [5.74, 6) is 0.389. The fourth-order valence-electron chi connectivity index (χ4n) is 3.58. The van der Waals surface area contributed by atoms with E-state index in [9.17, 15) is 19.7 Å². The first-order chi connectivity index (χ1) is 16.0. The van der Waals surface area contributed by atoms with Gasteiger partial charge in [-0.1, -0.05) is 42.5 Å². The van der Waals surface area contributed by atoms with Gasteiger partial charge in [0.2, 0.25) is 5.91 Å². The molecule has 2 amide bonds. The van der Waals surface area contributed by atoms with Gasteiger partial charge in [0, 0.05) is 24.2 Å². The van der Waals surface area contributed by atoms with Gasteiger partial charge in [0.25, 0.3) is 11.6 Å². The molecule has 1 N–H and O–H groups in total. The molecular formula is C24H21N3O5S. The molecule has 1 atom stereocenters. The quantitative estimate of drug-likeness (QED) is 0.405.